The van der Waals surface area contributed by atoms with Crippen molar-refractivity contribution in [3.63, 3.8) is 0 Å². The largest absolute Gasteiger partial charge is 0.488 e. The molecule has 11 heteroatoms. The van der Waals surface area contributed by atoms with Gasteiger partial charge in [-0.25, -0.2) is 4.68 Å². The summed E-state index contributed by atoms with van der Waals surface area (Å²) in [6.07, 6.45) is 1.25. The van der Waals surface area contributed by atoms with E-state index >= 15 is 0 Å². The smallest absolute Gasteiger partial charge is 0.246 e. The van der Waals surface area contributed by atoms with E-state index < -0.39 is 0 Å². The third kappa shape index (κ3) is 7.14. The highest BCUT2D eigenvalue weighted by atomic mass is 16.5. The van der Waals surface area contributed by atoms with Crippen LogP contribution in [0.25, 0.3) is 0 Å². The van der Waals surface area contributed by atoms with Crippen LogP contribution in [0.2, 0.25) is 0 Å². The van der Waals surface area contributed by atoms with Crippen molar-refractivity contribution in [2.24, 2.45) is 5.92 Å². The fourth-order valence-corrected chi connectivity index (χ4v) is 4.59. The first-order chi connectivity index (χ1) is 18.3. The van der Waals surface area contributed by atoms with E-state index in [9.17, 15) is 14.7 Å². The molecule has 4 rings (SSSR count). The second-order valence-electron chi connectivity index (χ2n) is 9.95. The van der Waals surface area contributed by atoms with Gasteiger partial charge in [-0.2, -0.15) is 0 Å². The second kappa shape index (κ2) is 12.6. The Morgan fingerprint density at radius 3 is 2.76 bits per heavy atom. The first-order valence-electron chi connectivity index (χ1n) is 12.8. The van der Waals surface area contributed by atoms with Crippen LogP contribution >= 0.6 is 0 Å². The van der Waals surface area contributed by atoms with Crippen molar-refractivity contribution in [3.05, 3.63) is 66.0 Å². The SMILES string of the molecule is C[C@H](CO)N1C[C@H](C)[C@H](CN(C)Cc2ccccc2)Oc2ccc(NC(=O)Cn3cnnn3)cc2CC1=O. The Morgan fingerprint density at radius 1 is 1.26 bits per heavy atom. The minimum absolute atomic E-state index is 0.00722. The average Bonchev–Trinajstić information content (AvgIpc) is 3.41. The van der Waals surface area contributed by atoms with Crippen molar-refractivity contribution in [2.45, 2.75) is 45.5 Å². The predicted molar refractivity (Wildman–Crippen MR) is 141 cm³/mol. The van der Waals surface area contributed by atoms with Crippen molar-refractivity contribution in [1.82, 2.24) is 30.0 Å². The van der Waals surface area contributed by atoms with Crippen LogP contribution in [0.4, 0.5) is 5.69 Å². The molecule has 3 aromatic rings. The summed E-state index contributed by atoms with van der Waals surface area (Å²) >= 11 is 0. The zero-order valence-electron chi connectivity index (χ0n) is 22.0. The van der Waals surface area contributed by atoms with Crippen LogP contribution in [-0.4, -0.2) is 85.8 Å². The third-order valence-electron chi connectivity index (χ3n) is 6.68. The number of aliphatic hydroxyl groups is 1. The van der Waals surface area contributed by atoms with E-state index in [2.05, 4.69) is 51.8 Å². The van der Waals surface area contributed by atoms with Crippen LogP contribution in [0, 0.1) is 5.92 Å². The number of carbonyl (C=O) groups is 2. The van der Waals surface area contributed by atoms with Gasteiger partial charge in [0.15, 0.2) is 0 Å². The number of nitrogens with zero attached hydrogens (tertiary/aromatic N) is 6. The normalized spacial score (nSPS) is 18.7. The van der Waals surface area contributed by atoms with Gasteiger partial charge >= 0.3 is 0 Å². The first-order valence-corrected chi connectivity index (χ1v) is 12.8. The maximum Gasteiger partial charge on any atom is 0.246 e. The zero-order valence-corrected chi connectivity index (χ0v) is 22.0. The second-order valence-corrected chi connectivity index (χ2v) is 9.95. The quantitative estimate of drug-likeness (QED) is 0.435. The minimum atomic E-state index is -0.326. The van der Waals surface area contributed by atoms with E-state index in [1.54, 1.807) is 23.1 Å². The summed E-state index contributed by atoms with van der Waals surface area (Å²) in [7, 11) is 2.05. The molecule has 2 heterocycles. The van der Waals surface area contributed by atoms with Gasteiger partial charge in [-0.1, -0.05) is 37.3 Å². The summed E-state index contributed by atoms with van der Waals surface area (Å²) in [4.78, 5) is 29.8. The number of likely N-dealkylation sites (N-methyl/N-ethyl adjacent to an activating group) is 1. The molecule has 2 amide bonds. The molecular formula is C27H35N7O4. The number of benzene rings is 2. The van der Waals surface area contributed by atoms with Crippen LogP contribution in [0.5, 0.6) is 5.75 Å². The van der Waals surface area contributed by atoms with E-state index in [-0.39, 0.29) is 49.5 Å². The van der Waals surface area contributed by atoms with Gasteiger partial charge in [0.25, 0.3) is 0 Å². The van der Waals surface area contributed by atoms with Crippen LogP contribution < -0.4 is 10.1 Å². The third-order valence-corrected chi connectivity index (χ3v) is 6.68. The number of fused-ring (bicyclic) bond motifs is 1. The number of hydrogen-bond donors (Lipinski definition) is 2. The molecule has 1 aliphatic heterocycles. The number of carbonyl (C=O) groups excluding carboxylic acids is 2. The average molecular weight is 522 g/mol. The van der Waals surface area contributed by atoms with Gasteiger partial charge in [0.1, 0.15) is 24.7 Å². The summed E-state index contributed by atoms with van der Waals surface area (Å²) in [6.45, 7) is 5.64. The highest BCUT2D eigenvalue weighted by molar-refractivity contribution is 5.91. The number of aliphatic hydroxyl groups excluding tert-OH is 1. The summed E-state index contributed by atoms with van der Waals surface area (Å²) < 4.78 is 7.89. The predicted octanol–water partition coefficient (Wildman–Crippen LogP) is 1.59. The number of rotatable bonds is 9. The Labute approximate surface area is 222 Å². The molecule has 0 unspecified atom stereocenters. The summed E-state index contributed by atoms with van der Waals surface area (Å²) in [5, 5.41) is 23.5. The maximum atomic E-state index is 13.4. The molecule has 0 saturated heterocycles. The van der Waals surface area contributed by atoms with E-state index in [0.717, 1.165) is 6.54 Å². The number of hydrogen-bond acceptors (Lipinski definition) is 8. The minimum Gasteiger partial charge on any atom is -0.488 e. The van der Waals surface area contributed by atoms with Crippen LogP contribution in [-0.2, 0) is 29.1 Å². The highest BCUT2D eigenvalue weighted by Gasteiger charge is 2.31. The number of amides is 2. The number of aromatic nitrogens is 4. The van der Waals surface area contributed by atoms with Crippen molar-refractivity contribution in [3.8, 4) is 5.75 Å². The Morgan fingerprint density at radius 2 is 2.05 bits per heavy atom. The number of nitrogens with one attached hydrogen (secondary N) is 1. The summed E-state index contributed by atoms with van der Waals surface area (Å²) in [5.74, 6) is 0.226. The molecule has 3 atom stereocenters. The summed E-state index contributed by atoms with van der Waals surface area (Å²) in [5.41, 5.74) is 2.43. The van der Waals surface area contributed by atoms with E-state index in [4.69, 9.17) is 4.74 Å². The van der Waals surface area contributed by atoms with Gasteiger partial charge in [-0.3, -0.25) is 14.5 Å². The lowest BCUT2D eigenvalue weighted by atomic mass is 10.0. The van der Waals surface area contributed by atoms with E-state index in [1.165, 1.54) is 16.6 Å². The lowest BCUT2D eigenvalue weighted by Gasteiger charge is -2.34. The molecule has 202 valence electrons. The molecule has 1 aliphatic rings. The van der Waals surface area contributed by atoms with Crippen molar-refractivity contribution in [1.29, 1.82) is 0 Å². The molecule has 2 aromatic carbocycles. The molecule has 0 radical (unpaired) electrons. The standard InChI is InChI=1S/C27H35N7O4/c1-19-13-34(20(2)17-35)27(37)12-22-11-23(29-26(36)16-33-18-28-30-31-33)9-10-24(22)38-25(19)15-32(3)14-21-7-5-4-6-8-21/h4-11,18-20,25,35H,12-17H2,1-3H3,(H,29,36)/t19-,20+,25-/m0/s1. The molecule has 0 fully saturated rings. The fraction of sp³-hybridized carbons (Fsp3) is 0.444. The van der Waals surface area contributed by atoms with Crippen molar-refractivity contribution >= 4 is 17.5 Å². The van der Waals surface area contributed by atoms with Gasteiger partial charge in [0.05, 0.1) is 19.1 Å². The molecule has 11 nitrogen and oxygen atoms in total. The van der Waals surface area contributed by atoms with Crippen molar-refractivity contribution in [2.75, 3.05) is 32.1 Å². The molecule has 2 N–H and O–H groups in total. The van der Waals surface area contributed by atoms with Gasteiger partial charge in [-0.05, 0) is 48.2 Å². The molecule has 0 saturated carbocycles. The van der Waals surface area contributed by atoms with Crippen LogP contribution in [0.1, 0.15) is 25.0 Å². The fourth-order valence-electron chi connectivity index (χ4n) is 4.59. The Hall–Kier alpha value is -3.83. The van der Waals surface area contributed by atoms with Gasteiger partial charge in [0.2, 0.25) is 11.8 Å². The van der Waals surface area contributed by atoms with E-state index in [0.29, 0.717) is 30.1 Å². The molecule has 0 spiro atoms. The van der Waals surface area contributed by atoms with E-state index in [1.807, 2.05) is 25.1 Å². The number of tetrazole rings is 1. The van der Waals surface area contributed by atoms with Gasteiger partial charge < -0.3 is 20.1 Å². The monoisotopic (exact) mass is 521 g/mol. The number of ether oxygens (including phenoxy) is 1. The zero-order chi connectivity index (χ0) is 27.1. The highest BCUT2D eigenvalue weighted by Crippen LogP contribution is 2.29. The van der Waals surface area contributed by atoms with Crippen LogP contribution in [0.15, 0.2) is 54.9 Å². The van der Waals surface area contributed by atoms with Gasteiger partial charge in [-0.15, -0.1) is 5.10 Å². The maximum absolute atomic E-state index is 13.4. The van der Waals surface area contributed by atoms with Crippen molar-refractivity contribution < 1.29 is 19.4 Å². The molecule has 1 aromatic heterocycles. The lowest BCUT2D eigenvalue weighted by Crippen LogP contribution is -2.47. The van der Waals surface area contributed by atoms with Crippen LogP contribution in [0.3, 0.4) is 0 Å². The topological polar surface area (TPSA) is 126 Å². The number of anilines is 1. The molecule has 0 aliphatic carbocycles. The first kappa shape index (κ1) is 27.2. The molecular weight excluding hydrogens is 486 g/mol. The Balaban J connectivity index is 1.57. The Kier molecular flexibility index (Phi) is 9.03. The Bertz CT molecular complexity index is 1210. The van der Waals surface area contributed by atoms with Gasteiger partial charge in [0, 0.05) is 36.8 Å². The lowest BCUT2D eigenvalue weighted by molar-refractivity contribution is -0.134. The molecule has 0 bridgehead atoms. The summed E-state index contributed by atoms with van der Waals surface area (Å²) in [6, 6.07) is 15.3. The molecule has 38 heavy (non-hydrogen) atoms.